The second kappa shape index (κ2) is 4.92. The molecule has 0 saturated carbocycles. The second-order valence-electron chi connectivity index (χ2n) is 2.65. The number of nitrogens with one attached hydrogen (secondary N) is 1. The van der Waals surface area contributed by atoms with Crippen molar-refractivity contribution in [1.29, 1.82) is 0 Å². The second-order valence-corrected chi connectivity index (χ2v) is 3.45. The SMILES string of the molecule is CCc1cc(NC(=O)N(C)OC)sn1. The van der Waals surface area contributed by atoms with Crippen LogP contribution in [0, 0.1) is 0 Å². The van der Waals surface area contributed by atoms with Crippen molar-refractivity contribution >= 4 is 22.6 Å². The van der Waals surface area contributed by atoms with Crippen molar-refractivity contribution in [1.82, 2.24) is 9.44 Å². The minimum atomic E-state index is -0.307. The molecule has 1 N–H and O–H groups in total. The molecule has 0 bridgehead atoms. The maximum absolute atomic E-state index is 11.3. The molecule has 5 nitrogen and oxygen atoms in total. The van der Waals surface area contributed by atoms with Crippen LogP contribution >= 0.6 is 11.5 Å². The van der Waals surface area contributed by atoms with Crippen molar-refractivity contribution in [3.05, 3.63) is 11.8 Å². The number of carbonyl (C=O) groups excluding carboxylic acids is 1. The lowest BCUT2D eigenvalue weighted by Gasteiger charge is -2.12. The Kier molecular flexibility index (Phi) is 3.84. The smallest absolute Gasteiger partial charge is 0.296 e. The average molecular weight is 215 g/mol. The third-order valence-corrected chi connectivity index (χ3v) is 2.45. The molecule has 0 aliphatic carbocycles. The average Bonchev–Trinajstić information content (AvgIpc) is 2.64. The molecule has 1 aromatic rings. The highest BCUT2D eigenvalue weighted by molar-refractivity contribution is 7.10. The van der Waals surface area contributed by atoms with Gasteiger partial charge in [-0.1, -0.05) is 6.92 Å². The molecule has 1 rings (SSSR count). The lowest BCUT2D eigenvalue weighted by atomic mass is 10.3. The summed E-state index contributed by atoms with van der Waals surface area (Å²) in [6, 6.07) is 1.55. The zero-order valence-electron chi connectivity index (χ0n) is 8.40. The predicted molar refractivity (Wildman–Crippen MR) is 55.3 cm³/mol. The molecule has 0 saturated heterocycles. The molecular weight excluding hydrogens is 202 g/mol. The van der Waals surface area contributed by atoms with Gasteiger partial charge in [-0.15, -0.1) is 0 Å². The normalized spacial score (nSPS) is 9.93. The number of urea groups is 1. The summed E-state index contributed by atoms with van der Waals surface area (Å²) in [5, 5.41) is 4.51. The van der Waals surface area contributed by atoms with E-state index in [4.69, 9.17) is 4.84 Å². The Morgan fingerprint density at radius 1 is 1.79 bits per heavy atom. The summed E-state index contributed by atoms with van der Waals surface area (Å²) in [7, 11) is 2.97. The van der Waals surface area contributed by atoms with Gasteiger partial charge in [0, 0.05) is 7.05 Å². The number of hydroxylamine groups is 2. The topological polar surface area (TPSA) is 54.5 Å². The van der Waals surface area contributed by atoms with Crippen LogP contribution in [-0.4, -0.2) is 29.6 Å². The van der Waals surface area contributed by atoms with E-state index in [1.54, 1.807) is 0 Å². The van der Waals surface area contributed by atoms with Crippen molar-refractivity contribution in [2.75, 3.05) is 19.5 Å². The Hall–Kier alpha value is -1.14. The molecule has 2 amide bonds. The van der Waals surface area contributed by atoms with Gasteiger partial charge < -0.3 is 0 Å². The first-order valence-corrected chi connectivity index (χ1v) is 4.99. The van der Waals surface area contributed by atoms with Gasteiger partial charge in [-0.3, -0.25) is 10.2 Å². The monoisotopic (exact) mass is 215 g/mol. The van der Waals surface area contributed by atoms with Crippen molar-refractivity contribution < 1.29 is 9.63 Å². The van der Waals surface area contributed by atoms with Crippen molar-refractivity contribution in [2.24, 2.45) is 0 Å². The van der Waals surface area contributed by atoms with E-state index in [2.05, 4.69) is 9.69 Å². The minimum Gasteiger partial charge on any atom is -0.296 e. The van der Waals surface area contributed by atoms with Crippen LogP contribution in [0.15, 0.2) is 6.07 Å². The number of hydrogen-bond acceptors (Lipinski definition) is 4. The Balaban J connectivity index is 2.56. The summed E-state index contributed by atoms with van der Waals surface area (Å²) < 4.78 is 4.14. The van der Waals surface area contributed by atoms with Gasteiger partial charge in [0.25, 0.3) is 0 Å². The van der Waals surface area contributed by atoms with Crippen LogP contribution in [0.25, 0.3) is 0 Å². The summed E-state index contributed by atoms with van der Waals surface area (Å²) in [6.07, 6.45) is 0.868. The molecule has 0 fully saturated rings. The zero-order valence-corrected chi connectivity index (χ0v) is 9.22. The van der Waals surface area contributed by atoms with E-state index >= 15 is 0 Å². The van der Waals surface area contributed by atoms with Crippen LogP contribution in [0.4, 0.5) is 9.80 Å². The predicted octanol–water partition coefficient (Wildman–Crippen LogP) is 1.73. The third kappa shape index (κ3) is 2.68. The van der Waals surface area contributed by atoms with Crippen LogP contribution in [0.3, 0.4) is 0 Å². The van der Waals surface area contributed by atoms with E-state index in [0.29, 0.717) is 0 Å². The molecule has 14 heavy (non-hydrogen) atoms. The molecule has 0 atom stereocenters. The van der Waals surface area contributed by atoms with Gasteiger partial charge in [0.05, 0.1) is 12.8 Å². The van der Waals surface area contributed by atoms with Crippen molar-refractivity contribution in [3.8, 4) is 0 Å². The van der Waals surface area contributed by atoms with E-state index in [0.717, 1.165) is 22.2 Å². The fraction of sp³-hybridized carbons (Fsp3) is 0.500. The molecule has 0 spiro atoms. The third-order valence-electron chi connectivity index (χ3n) is 1.71. The minimum absolute atomic E-state index is 0.307. The van der Waals surface area contributed by atoms with E-state index in [9.17, 15) is 4.79 Å². The highest BCUT2D eigenvalue weighted by Crippen LogP contribution is 2.16. The molecule has 1 aromatic heterocycles. The maximum atomic E-state index is 11.3. The Bertz CT molecular complexity index is 313. The van der Waals surface area contributed by atoms with Gasteiger partial charge in [0.1, 0.15) is 5.00 Å². The number of anilines is 1. The number of amides is 2. The first-order chi connectivity index (χ1) is 6.67. The Morgan fingerprint density at radius 2 is 2.50 bits per heavy atom. The summed E-state index contributed by atoms with van der Waals surface area (Å²) in [6.45, 7) is 2.02. The van der Waals surface area contributed by atoms with Crippen molar-refractivity contribution in [3.63, 3.8) is 0 Å². The largest absolute Gasteiger partial charge is 0.346 e. The maximum Gasteiger partial charge on any atom is 0.346 e. The summed E-state index contributed by atoms with van der Waals surface area (Å²) in [5.74, 6) is 0. The van der Waals surface area contributed by atoms with Crippen LogP contribution in [0.5, 0.6) is 0 Å². The van der Waals surface area contributed by atoms with Crippen LogP contribution in [-0.2, 0) is 11.3 Å². The van der Waals surface area contributed by atoms with E-state index < -0.39 is 0 Å². The lowest BCUT2D eigenvalue weighted by Crippen LogP contribution is -2.29. The highest BCUT2D eigenvalue weighted by atomic mass is 32.1. The molecule has 0 aliphatic rings. The molecule has 0 unspecified atom stereocenters. The van der Waals surface area contributed by atoms with Crippen LogP contribution < -0.4 is 5.32 Å². The molecule has 0 aliphatic heterocycles. The molecule has 6 heteroatoms. The van der Waals surface area contributed by atoms with Crippen molar-refractivity contribution in [2.45, 2.75) is 13.3 Å². The van der Waals surface area contributed by atoms with Gasteiger partial charge in [-0.2, -0.15) is 4.37 Å². The fourth-order valence-corrected chi connectivity index (χ4v) is 1.52. The molecule has 1 heterocycles. The molecule has 0 aromatic carbocycles. The Morgan fingerprint density at radius 3 is 3.00 bits per heavy atom. The first-order valence-electron chi connectivity index (χ1n) is 4.21. The number of hydrogen-bond donors (Lipinski definition) is 1. The van der Waals surface area contributed by atoms with Gasteiger partial charge in [-0.25, -0.2) is 9.86 Å². The lowest BCUT2D eigenvalue weighted by molar-refractivity contribution is -0.0597. The number of aromatic nitrogens is 1. The molecular formula is C8H13N3O2S. The van der Waals surface area contributed by atoms with Gasteiger partial charge >= 0.3 is 6.03 Å². The Labute approximate surface area is 86.8 Å². The van der Waals surface area contributed by atoms with E-state index in [1.165, 1.54) is 25.7 Å². The standard InChI is InChI=1S/C8H13N3O2S/c1-4-6-5-7(14-10-6)9-8(12)11(2)13-3/h5H,4H2,1-3H3,(H,9,12). The number of carbonyl (C=O) groups is 1. The quantitative estimate of drug-likeness (QED) is 0.781. The zero-order chi connectivity index (χ0) is 10.6. The molecule has 78 valence electrons. The summed E-state index contributed by atoms with van der Waals surface area (Å²) >= 11 is 1.27. The van der Waals surface area contributed by atoms with Gasteiger partial charge in [0.15, 0.2) is 0 Å². The van der Waals surface area contributed by atoms with E-state index in [-0.39, 0.29) is 6.03 Å². The summed E-state index contributed by atoms with van der Waals surface area (Å²) in [4.78, 5) is 16.0. The molecule has 0 radical (unpaired) electrons. The van der Waals surface area contributed by atoms with Gasteiger partial charge in [0.2, 0.25) is 0 Å². The number of rotatable bonds is 3. The van der Waals surface area contributed by atoms with Crippen LogP contribution in [0.2, 0.25) is 0 Å². The number of nitrogens with zero attached hydrogens (tertiary/aromatic N) is 2. The highest BCUT2D eigenvalue weighted by Gasteiger charge is 2.09. The van der Waals surface area contributed by atoms with Gasteiger partial charge in [-0.05, 0) is 24.0 Å². The number of aryl methyl sites for hydroxylation is 1. The fourth-order valence-electron chi connectivity index (χ4n) is 0.804. The first kappa shape index (κ1) is 10.9. The van der Waals surface area contributed by atoms with E-state index in [1.807, 2.05) is 13.0 Å². The summed E-state index contributed by atoms with van der Waals surface area (Å²) in [5.41, 5.74) is 0.977. The van der Waals surface area contributed by atoms with Crippen LogP contribution in [0.1, 0.15) is 12.6 Å².